The van der Waals surface area contributed by atoms with Gasteiger partial charge in [-0.2, -0.15) is 12.6 Å². The molecule has 0 fully saturated rings. The standard InChI is InChI=1S/C14H15OPS/c1-12(17)16(15,13-8-4-2-5-9-13)14-10-6-3-7-11-14/h2-12,17H,1H3. The van der Waals surface area contributed by atoms with Crippen LogP contribution in [-0.4, -0.2) is 4.99 Å². The van der Waals surface area contributed by atoms with E-state index in [2.05, 4.69) is 12.6 Å². The van der Waals surface area contributed by atoms with Gasteiger partial charge in [0.25, 0.3) is 0 Å². The molecule has 0 bridgehead atoms. The number of thiol groups is 1. The van der Waals surface area contributed by atoms with E-state index in [9.17, 15) is 4.57 Å². The van der Waals surface area contributed by atoms with Gasteiger partial charge in [-0.05, 0) is 6.92 Å². The van der Waals surface area contributed by atoms with Crippen molar-refractivity contribution in [2.75, 3.05) is 0 Å². The molecule has 2 aromatic rings. The van der Waals surface area contributed by atoms with Gasteiger partial charge in [0.15, 0.2) is 7.14 Å². The summed E-state index contributed by atoms with van der Waals surface area (Å²) in [6.07, 6.45) is 0. The van der Waals surface area contributed by atoms with Crippen LogP contribution >= 0.6 is 19.8 Å². The van der Waals surface area contributed by atoms with Crippen LogP contribution in [0, 0.1) is 0 Å². The van der Waals surface area contributed by atoms with Crippen molar-refractivity contribution in [3.05, 3.63) is 60.7 Å². The molecule has 1 nitrogen and oxygen atoms in total. The van der Waals surface area contributed by atoms with Crippen molar-refractivity contribution >= 4 is 30.4 Å². The van der Waals surface area contributed by atoms with E-state index >= 15 is 0 Å². The average Bonchev–Trinajstić information content (AvgIpc) is 2.39. The van der Waals surface area contributed by atoms with Crippen molar-refractivity contribution in [2.24, 2.45) is 0 Å². The molecule has 0 N–H and O–H groups in total. The smallest absolute Gasteiger partial charge is 0.155 e. The van der Waals surface area contributed by atoms with Gasteiger partial charge in [-0.15, -0.1) is 0 Å². The maximum Gasteiger partial charge on any atom is 0.155 e. The molecule has 2 rings (SSSR count). The molecular formula is C14H15OPS. The highest BCUT2D eigenvalue weighted by molar-refractivity contribution is 7.97. The normalized spacial score (nSPS) is 13.3. The number of rotatable bonds is 3. The first-order valence-corrected chi connectivity index (χ1v) is 7.84. The molecule has 0 aromatic heterocycles. The van der Waals surface area contributed by atoms with Gasteiger partial charge in [0.2, 0.25) is 0 Å². The lowest BCUT2D eigenvalue weighted by Crippen LogP contribution is -2.21. The molecule has 1 unspecified atom stereocenters. The number of hydrogen-bond donors (Lipinski definition) is 1. The monoisotopic (exact) mass is 262 g/mol. The van der Waals surface area contributed by atoms with Crippen molar-refractivity contribution in [3.63, 3.8) is 0 Å². The van der Waals surface area contributed by atoms with Gasteiger partial charge >= 0.3 is 0 Å². The van der Waals surface area contributed by atoms with Gasteiger partial charge in [-0.3, -0.25) is 0 Å². The van der Waals surface area contributed by atoms with Gasteiger partial charge in [-0.1, -0.05) is 60.7 Å². The third-order valence-electron chi connectivity index (χ3n) is 2.81. The maximum absolute atomic E-state index is 13.2. The number of benzene rings is 2. The predicted octanol–water partition coefficient (Wildman–Crippen LogP) is 3.28. The topological polar surface area (TPSA) is 17.1 Å². The second-order valence-corrected chi connectivity index (χ2v) is 8.27. The van der Waals surface area contributed by atoms with Crippen LogP contribution in [0.15, 0.2) is 60.7 Å². The molecule has 88 valence electrons. The summed E-state index contributed by atoms with van der Waals surface area (Å²) in [7, 11) is -2.63. The Morgan fingerprint density at radius 1 is 0.882 bits per heavy atom. The average molecular weight is 262 g/mol. The predicted molar refractivity (Wildman–Crippen MR) is 78.2 cm³/mol. The molecule has 2 aromatic carbocycles. The number of hydrogen-bond acceptors (Lipinski definition) is 2. The van der Waals surface area contributed by atoms with Gasteiger partial charge in [-0.25, -0.2) is 0 Å². The van der Waals surface area contributed by atoms with Crippen LogP contribution in [0.5, 0.6) is 0 Å². The van der Waals surface area contributed by atoms with E-state index in [0.717, 1.165) is 10.6 Å². The Balaban J connectivity index is 2.60. The minimum absolute atomic E-state index is 0.188. The minimum atomic E-state index is -2.63. The van der Waals surface area contributed by atoms with E-state index in [4.69, 9.17) is 0 Å². The first-order valence-electron chi connectivity index (χ1n) is 5.54. The molecule has 0 saturated heterocycles. The summed E-state index contributed by atoms with van der Waals surface area (Å²) in [5.74, 6) is 0. The van der Waals surface area contributed by atoms with Crippen LogP contribution in [0.3, 0.4) is 0 Å². The summed E-state index contributed by atoms with van der Waals surface area (Å²) in [5.41, 5.74) is 0. The van der Waals surface area contributed by atoms with E-state index in [1.165, 1.54) is 0 Å². The van der Waals surface area contributed by atoms with Crippen LogP contribution < -0.4 is 10.6 Å². The molecule has 0 aliphatic rings. The van der Waals surface area contributed by atoms with Gasteiger partial charge < -0.3 is 4.57 Å². The Kier molecular flexibility index (Phi) is 3.76. The zero-order valence-electron chi connectivity index (χ0n) is 9.65. The summed E-state index contributed by atoms with van der Waals surface area (Å²) in [6, 6.07) is 19.2. The third kappa shape index (κ3) is 2.34. The molecule has 0 aliphatic heterocycles. The molecule has 1 atom stereocenters. The minimum Gasteiger partial charge on any atom is -0.313 e. The van der Waals surface area contributed by atoms with E-state index in [1.807, 2.05) is 67.6 Å². The van der Waals surface area contributed by atoms with Crippen molar-refractivity contribution in [1.82, 2.24) is 0 Å². The van der Waals surface area contributed by atoms with Crippen molar-refractivity contribution < 1.29 is 4.57 Å². The lowest BCUT2D eigenvalue weighted by atomic mass is 10.4. The zero-order chi connectivity index (χ0) is 12.3. The van der Waals surface area contributed by atoms with Crippen LogP contribution in [0.1, 0.15) is 6.92 Å². The molecule has 3 heteroatoms. The highest BCUT2D eigenvalue weighted by Gasteiger charge is 2.31. The Bertz CT molecular complexity index is 479. The third-order valence-corrected chi connectivity index (χ3v) is 6.96. The SMILES string of the molecule is CC(S)P(=O)(c1ccccc1)c1ccccc1. The first-order chi connectivity index (χ1) is 8.15. The lowest BCUT2D eigenvalue weighted by molar-refractivity contribution is 0.586. The molecule has 0 aliphatic carbocycles. The Morgan fingerprint density at radius 2 is 1.24 bits per heavy atom. The molecule has 0 heterocycles. The second-order valence-electron chi connectivity index (χ2n) is 3.96. The first kappa shape index (κ1) is 12.5. The molecule has 0 saturated carbocycles. The van der Waals surface area contributed by atoms with Crippen LogP contribution in [-0.2, 0) is 4.57 Å². The Morgan fingerprint density at radius 3 is 1.53 bits per heavy atom. The summed E-state index contributed by atoms with van der Waals surface area (Å²) >= 11 is 4.44. The van der Waals surface area contributed by atoms with Gasteiger partial charge in [0.05, 0.1) is 4.99 Å². The molecule has 17 heavy (non-hydrogen) atoms. The highest BCUT2D eigenvalue weighted by atomic mass is 32.1. The molecule has 0 radical (unpaired) electrons. The fraction of sp³-hybridized carbons (Fsp3) is 0.143. The van der Waals surface area contributed by atoms with E-state index in [0.29, 0.717) is 0 Å². The molecular weight excluding hydrogens is 247 g/mol. The molecule has 0 amide bonds. The maximum atomic E-state index is 13.2. The van der Waals surface area contributed by atoms with Gasteiger partial charge in [0, 0.05) is 10.6 Å². The van der Waals surface area contributed by atoms with Crippen LogP contribution in [0.2, 0.25) is 0 Å². The zero-order valence-corrected chi connectivity index (χ0v) is 11.4. The summed E-state index contributed by atoms with van der Waals surface area (Å²) in [6.45, 7) is 1.89. The van der Waals surface area contributed by atoms with E-state index < -0.39 is 7.14 Å². The van der Waals surface area contributed by atoms with E-state index in [1.54, 1.807) is 0 Å². The highest BCUT2D eigenvalue weighted by Crippen LogP contribution is 2.49. The quantitative estimate of drug-likeness (QED) is 0.663. The van der Waals surface area contributed by atoms with Crippen molar-refractivity contribution in [1.29, 1.82) is 0 Å². The van der Waals surface area contributed by atoms with Crippen LogP contribution in [0.25, 0.3) is 0 Å². The summed E-state index contributed by atoms with van der Waals surface area (Å²) in [5, 5.41) is 1.74. The lowest BCUT2D eigenvalue weighted by Gasteiger charge is -2.22. The fourth-order valence-corrected chi connectivity index (χ4v) is 5.07. The van der Waals surface area contributed by atoms with Crippen molar-refractivity contribution in [2.45, 2.75) is 11.9 Å². The Labute approximate surface area is 108 Å². The van der Waals surface area contributed by atoms with Crippen molar-refractivity contribution in [3.8, 4) is 0 Å². The fourth-order valence-electron chi connectivity index (χ4n) is 1.88. The van der Waals surface area contributed by atoms with E-state index in [-0.39, 0.29) is 4.99 Å². The van der Waals surface area contributed by atoms with Gasteiger partial charge in [0.1, 0.15) is 0 Å². The summed E-state index contributed by atoms with van der Waals surface area (Å²) in [4.78, 5) is -0.188. The van der Waals surface area contributed by atoms with Crippen LogP contribution in [0.4, 0.5) is 0 Å². The molecule has 0 spiro atoms. The Hall–Kier alpha value is -0.980. The summed E-state index contributed by atoms with van der Waals surface area (Å²) < 4.78 is 13.2. The largest absolute Gasteiger partial charge is 0.313 e. The second kappa shape index (κ2) is 5.12.